The van der Waals surface area contributed by atoms with Crippen molar-refractivity contribution in [3.8, 4) is 11.5 Å². The van der Waals surface area contributed by atoms with Crippen molar-refractivity contribution >= 4 is 39.8 Å². The van der Waals surface area contributed by atoms with Gasteiger partial charge in [0.25, 0.3) is 5.91 Å². The van der Waals surface area contributed by atoms with Crippen LogP contribution < -0.4 is 20.1 Å². The molecular weight excluding hydrogens is 350 g/mol. The number of nitrogens with zero attached hydrogens (tertiary/aromatic N) is 1. The minimum absolute atomic E-state index is 0.197. The van der Waals surface area contributed by atoms with Gasteiger partial charge in [0.1, 0.15) is 13.2 Å². The molecule has 26 heavy (non-hydrogen) atoms. The number of hydrogen-bond donors (Lipinski definition) is 2. The van der Waals surface area contributed by atoms with Gasteiger partial charge < -0.3 is 14.8 Å². The number of anilines is 1. The summed E-state index contributed by atoms with van der Waals surface area (Å²) in [5.41, 5.74) is 1.95. The number of benzene rings is 2. The summed E-state index contributed by atoms with van der Waals surface area (Å²) in [7, 11) is 0. The first kappa shape index (κ1) is 16.3. The van der Waals surface area contributed by atoms with E-state index >= 15 is 0 Å². The second-order valence-electron chi connectivity index (χ2n) is 5.65. The molecule has 6 nitrogen and oxygen atoms in total. The molecule has 0 radical (unpaired) electrons. The van der Waals surface area contributed by atoms with Gasteiger partial charge in [-0.3, -0.25) is 15.1 Å². The average Bonchev–Trinajstić information content (AvgIpc) is 2.68. The van der Waals surface area contributed by atoms with E-state index in [1.807, 2.05) is 30.3 Å². The first-order valence-electron chi connectivity index (χ1n) is 8.06. The highest BCUT2D eigenvalue weighted by Gasteiger charge is 2.16. The van der Waals surface area contributed by atoms with Crippen molar-refractivity contribution < 1.29 is 14.3 Å². The molecule has 1 aliphatic heterocycles. The van der Waals surface area contributed by atoms with Gasteiger partial charge in [0, 0.05) is 17.1 Å². The van der Waals surface area contributed by atoms with E-state index in [4.69, 9.17) is 21.7 Å². The van der Waals surface area contributed by atoms with Crippen LogP contribution in [0.5, 0.6) is 11.5 Å². The minimum atomic E-state index is -0.326. The third-order valence-electron chi connectivity index (χ3n) is 3.91. The number of para-hydroxylation sites is 1. The van der Waals surface area contributed by atoms with Gasteiger partial charge in [0.05, 0.1) is 11.2 Å². The highest BCUT2D eigenvalue weighted by atomic mass is 32.1. The molecule has 2 aromatic carbocycles. The molecule has 2 N–H and O–H groups in total. The van der Waals surface area contributed by atoms with Gasteiger partial charge in [-0.2, -0.15) is 0 Å². The Hall–Kier alpha value is -3.19. The van der Waals surface area contributed by atoms with E-state index < -0.39 is 0 Å². The second-order valence-corrected chi connectivity index (χ2v) is 6.06. The summed E-state index contributed by atoms with van der Waals surface area (Å²) in [6, 6.07) is 14.6. The van der Waals surface area contributed by atoms with Crippen LogP contribution in [-0.2, 0) is 0 Å². The lowest BCUT2D eigenvalue weighted by atomic mass is 10.2. The number of hydrogen-bond acceptors (Lipinski definition) is 5. The topological polar surface area (TPSA) is 72.5 Å². The Morgan fingerprint density at radius 1 is 1.04 bits per heavy atom. The molecule has 1 aliphatic rings. The monoisotopic (exact) mass is 365 g/mol. The van der Waals surface area contributed by atoms with Crippen LogP contribution in [0.15, 0.2) is 54.7 Å². The zero-order chi connectivity index (χ0) is 17.9. The van der Waals surface area contributed by atoms with E-state index in [0.29, 0.717) is 30.3 Å². The number of amides is 1. The van der Waals surface area contributed by atoms with Gasteiger partial charge in [-0.05, 0) is 42.5 Å². The van der Waals surface area contributed by atoms with Crippen LogP contribution in [0.25, 0.3) is 10.9 Å². The fourth-order valence-electron chi connectivity index (χ4n) is 2.72. The SMILES string of the molecule is O=C(NC(=S)Nc1cccc2cccnc12)c1ccc2c(c1)OCCO2. The Labute approximate surface area is 155 Å². The largest absolute Gasteiger partial charge is 0.486 e. The number of carbonyl (C=O) groups is 1. The van der Waals surface area contributed by atoms with Gasteiger partial charge in [-0.25, -0.2) is 0 Å². The van der Waals surface area contributed by atoms with Gasteiger partial charge in [0.15, 0.2) is 16.6 Å². The molecule has 130 valence electrons. The molecule has 0 saturated heterocycles. The summed E-state index contributed by atoms with van der Waals surface area (Å²) in [5, 5.41) is 6.88. The fourth-order valence-corrected chi connectivity index (χ4v) is 2.92. The van der Waals surface area contributed by atoms with Crippen molar-refractivity contribution in [1.29, 1.82) is 0 Å². The smallest absolute Gasteiger partial charge is 0.257 e. The molecule has 0 fully saturated rings. The summed E-state index contributed by atoms with van der Waals surface area (Å²) in [4.78, 5) is 16.8. The molecule has 1 amide bonds. The van der Waals surface area contributed by atoms with E-state index in [1.165, 1.54) is 0 Å². The summed E-state index contributed by atoms with van der Waals surface area (Å²) in [5.74, 6) is 0.865. The lowest BCUT2D eigenvalue weighted by Crippen LogP contribution is -2.34. The number of aromatic nitrogens is 1. The molecule has 0 bridgehead atoms. The number of pyridine rings is 1. The number of carbonyl (C=O) groups excluding carboxylic acids is 1. The molecule has 0 atom stereocenters. The van der Waals surface area contributed by atoms with Crippen molar-refractivity contribution in [3.05, 3.63) is 60.3 Å². The van der Waals surface area contributed by atoms with Gasteiger partial charge in [-0.15, -0.1) is 0 Å². The van der Waals surface area contributed by atoms with Crippen LogP contribution in [-0.4, -0.2) is 29.2 Å². The Balaban J connectivity index is 1.48. The Bertz CT molecular complexity index is 1000. The zero-order valence-electron chi connectivity index (χ0n) is 13.7. The minimum Gasteiger partial charge on any atom is -0.486 e. The predicted molar refractivity (Wildman–Crippen MR) is 103 cm³/mol. The standard InChI is InChI=1S/C19H15N3O3S/c23-18(13-6-7-15-16(11-13)25-10-9-24-15)22-19(26)21-14-5-1-3-12-4-2-8-20-17(12)14/h1-8,11H,9-10H2,(H2,21,22,23,26). The van der Waals surface area contributed by atoms with Crippen LogP contribution >= 0.6 is 12.2 Å². The number of nitrogens with one attached hydrogen (secondary N) is 2. The van der Waals surface area contributed by atoms with E-state index in [0.717, 1.165) is 16.6 Å². The van der Waals surface area contributed by atoms with Crippen molar-refractivity contribution in [2.45, 2.75) is 0 Å². The Morgan fingerprint density at radius 2 is 1.85 bits per heavy atom. The zero-order valence-corrected chi connectivity index (χ0v) is 14.5. The maximum atomic E-state index is 12.4. The van der Waals surface area contributed by atoms with Crippen LogP contribution in [0, 0.1) is 0 Å². The molecule has 1 aromatic heterocycles. The third-order valence-corrected chi connectivity index (χ3v) is 4.12. The number of thiocarbonyl (C=S) groups is 1. The second kappa shape index (κ2) is 6.97. The summed E-state index contributed by atoms with van der Waals surface area (Å²) in [6.45, 7) is 0.970. The number of ether oxygens (including phenoxy) is 2. The van der Waals surface area contributed by atoms with E-state index in [2.05, 4.69) is 15.6 Å². The normalized spacial score (nSPS) is 12.5. The summed E-state index contributed by atoms with van der Waals surface area (Å²) in [6.07, 6.45) is 1.71. The van der Waals surface area contributed by atoms with Crippen LogP contribution in [0.1, 0.15) is 10.4 Å². The fraction of sp³-hybridized carbons (Fsp3) is 0.105. The van der Waals surface area contributed by atoms with Gasteiger partial charge >= 0.3 is 0 Å². The van der Waals surface area contributed by atoms with E-state index in [-0.39, 0.29) is 11.0 Å². The molecule has 0 spiro atoms. The van der Waals surface area contributed by atoms with Crippen molar-refractivity contribution in [2.24, 2.45) is 0 Å². The highest BCUT2D eigenvalue weighted by Crippen LogP contribution is 2.30. The van der Waals surface area contributed by atoms with E-state index in [1.54, 1.807) is 24.4 Å². The molecule has 2 heterocycles. The first-order valence-corrected chi connectivity index (χ1v) is 8.47. The first-order chi connectivity index (χ1) is 12.7. The van der Waals surface area contributed by atoms with E-state index in [9.17, 15) is 4.79 Å². The molecule has 0 saturated carbocycles. The lowest BCUT2D eigenvalue weighted by Gasteiger charge is -2.18. The lowest BCUT2D eigenvalue weighted by molar-refractivity contribution is 0.0976. The molecule has 3 aromatic rings. The molecule has 0 aliphatic carbocycles. The van der Waals surface area contributed by atoms with Crippen molar-refractivity contribution in [1.82, 2.24) is 10.3 Å². The summed E-state index contributed by atoms with van der Waals surface area (Å²) < 4.78 is 11.0. The average molecular weight is 365 g/mol. The maximum absolute atomic E-state index is 12.4. The van der Waals surface area contributed by atoms with Crippen LogP contribution in [0.2, 0.25) is 0 Å². The maximum Gasteiger partial charge on any atom is 0.257 e. The van der Waals surface area contributed by atoms with Crippen molar-refractivity contribution in [3.63, 3.8) is 0 Å². The molecular formula is C19H15N3O3S. The molecule has 7 heteroatoms. The highest BCUT2D eigenvalue weighted by molar-refractivity contribution is 7.80. The van der Waals surface area contributed by atoms with Crippen LogP contribution in [0.3, 0.4) is 0 Å². The number of rotatable bonds is 2. The van der Waals surface area contributed by atoms with Crippen molar-refractivity contribution in [2.75, 3.05) is 18.5 Å². The molecule has 4 rings (SSSR count). The van der Waals surface area contributed by atoms with Gasteiger partial charge in [0.2, 0.25) is 0 Å². The third kappa shape index (κ3) is 3.29. The predicted octanol–water partition coefficient (Wildman–Crippen LogP) is 3.13. The number of fused-ring (bicyclic) bond motifs is 2. The quantitative estimate of drug-likeness (QED) is 0.680. The summed E-state index contributed by atoms with van der Waals surface area (Å²) >= 11 is 5.27. The molecule has 0 unspecified atom stereocenters. The Morgan fingerprint density at radius 3 is 2.73 bits per heavy atom. The van der Waals surface area contributed by atoms with Gasteiger partial charge in [-0.1, -0.05) is 18.2 Å². The van der Waals surface area contributed by atoms with Crippen LogP contribution in [0.4, 0.5) is 5.69 Å². The Kier molecular flexibility index (Phi) is 4.37.